The van der Waals surface area contributed by atoms with Crippen LogP contribution in [0.5, 0.6) is 0 Å². The van der Waals surface area contributed by atoms with Gasteiger partial charge in [0.05, 0.1) is 0 Å². The molecule has 0 saturated heterocycles. The largest absolute Gasteiger partial charge is 0.376 e. The molecule has 0 bridgehead atoms. The number of hydrogen-bond acceptors (Lipinski definition) is 3. The highest BCUT2D eigenvalue weighted by molar-refractivity contribution is 5.82. The Labute approximate surface area is 312 Å². The summed E-state index contributed by atoms with van der Waals surface area (Å²) in [7, 11) is 0. The number of para-hydroxylation sites is 4. The van der Waals surface area contributed by atoms with Gasteiger partial charge in [-0.05, 0) is 108 Å². The molecule has 8 aromatic rings. The molecule has 0 amide bonds. The van der Waals surface area contributed by atoms with Gasteiger partial charge in [0.2, 0.25) is 0 Å². The van der Waals surface area contributed by atoms with E-state index >= 15 is 0 Å². The van der Waals surface area contributed by atoms with Gasteiger partial charge in [0.25, 0.3) is 0 Å². The van der Waals surface area contributed by atoms with Crippen LogP contribution >= 0.6 is 0 Å². The van der Waals surface area contributed by atoms with Crippen molar-refractivity contribution >= 4 is 34.1 Å². The Morgan fingerprint density at radius 1 is 0.340 bits per heavy atom. The first-order chi connectivity index (χ1) is 26.1. The van der Waals surface area contributed by atoms with E-state index in [4.69, 9.17) is 0 Å². The number of rotatable bonds is 10. The lowest BCUT2D eigenvalue weighted by atomic mass is 9.77. The van der Waals surface area contributed by atoms with E-state index in [1.54, 1.807) is 0 Å². The monoisotopic (exact) mass is 684 g/mol. The quantitative estimate of drug-likeness (QED) is 0.145. The molecule has 8 rings (SSSR count). The molecule has 1 atom stereocenters. The Kier molecular flexibility index (Phi) is 9.40. The molecule has 0 aliphatic rings. The first-order valence-electron chi connectivity index (χ1n) is 18.0. The molecule has 0 radical (unpaired) electrons. The zero-order valence-corrected chi connectivity index (χ0v) is 29.6. The molecule has 0 fully saturated rings. The minimum absolute atomic E-state index is 0.787. The molecule has 256 valence electrons. The van der Waals surface area contributed by atoms with Crippen molar-refractivity contribution in [3.63, 3.8) is 0 Å². The lowest BCUT2D eigenvalue weighted by Gasteiger charge is -2.33. The molecule has 3 nitrogen and oxygen atoms in total. The average molecular weight is 685 g/mol. The lowest BCUT2D eigenvalue weighted by Crippen LogP contribution is -2.29. The van der Waals surface area contributed by atoms with Crippen molar-refractivity contribution in [2.45, 2.75) is 12.5 Å². The van der Waals surface area contributed by atoms with Crippen LogP contribution in [0.1, 0.15) is 22.3 Å². The summed E-state index contributed by atoms with van der Waals surface area (Å²) in [5.41, 5.74) is 10.5. The number of anilines is 6. The van der Waals surface area contributed by atoms with Crippen molar-refractivity contribution < 1.29 is 5.11 Å². The highest BCUT2D eigenvalue weighted by atomic mass is 16.3. The van der Waals surface area contributed by atoms with E-state index < -0.39 is 5.60 Å². The molecule has 0 spiro atoms. The minimum atomic E-state index is -1.44. The molecule has 1 unspecified atom stereocenters. The number of aliphatic hydroxyl groups is 1. The summed E-state index contributed by atoms with van der Waals surface area (Å²) in [6.45, 7) is 2.15. The summed E-state index contributed by atoms with van der Waals surface area (Å²) in [6, 6.07) is 74.8. The fourth-order valence-corrected chi connectivity index (χ4v) is 7.33. The summed E-state index contributed by atoms with van der Waals surface area (Å²) < 4.78 is 0. The van der Waals surface area contributed by atoms with Gasteiger partial charge in [0.15, 0.2) is 0 Å². The van der Waals surface area contributed by atoms with Gasteiger partial charge in [-0.1, -0.05) is 146 Å². The SMILES string of the molecule is Cc1cc(N(c2ccccc2)c2ccccc2)ccc1-c1ccccc1C(O)(c1ccccc1)c1ccc(N(c2ccccc2)c2ccccc2)cc1. The van der Waals surface area contributed by atoms with E-state index in [-0.39, 0.29) is 0 Å². The van der Waals surface area contributed by atoms with Gasteiger partial charge in [-0.3, -0.25) is 0 Å². The van der Waals surface area contributed by atoms with E-state index in [1.807, 2.05) is 60.7 Å². The predicted octanol–water partition coefficient (Wildman–Crippen LogP) is 12.9. The molecule has 0 saturated carbocycles. The van der Waals surface area contributed by atoms with Crippen LogP contribution in [0.25, 0.3) is 11.1 Å². The fraction of sp³-hybridized carbons (Fsp3) is 0.0400. The van der Waals surface area contributed by atoms with E-state index in [2.05, 4.69) is 174 Å². The van der Waals surface area contributed by atoms with Crippen molar-refractivity contribution in [1.82, 2.24) is 0 Å². The summed E-state index contributed by atoms with van der Waals surface area (Å²) in [5.74, 6) is 0. The standard InChI is InChI=1S/C50H40N2O/c1-38-37-46(52(43-25-13-5-14-26-43)44-27-15-6-16-28-44)35-36-47(38)48-29-17-18-30-49(48)50(53,39-19-7-2-8-20-39)40-31-33-45(34-32-40)51(41-21-9-3-10-22-41)42-23-11-4-12-24-42/h2-37,53H,1H3. The minimum Gasteiger partial charge on any atom is -0.376 e. The number of benzene rings is 8. The smallest absolute Gasteiger partial charge is 0.141 e. The Morgan fingerprint density at radius 2 is 0.698 bits per heavy atom. The van der Waals surface area contributed by atoms with Crippen LogP contribution in [0.15, 0.2) is 218 Å². The van der Waals surface area contributed by atoms with Crippen LogP contribution in [-0.2, 0) is 5.60 Å². The maximum absolute atomic E-state index is 13.2. The van der Waals surface area contributed by atoms with Gasteiger partial charge in [-0.25, -0.2) is 0 Å². The molecular weight excluding hydrogens is 645 g/mol. The van der Waals surface area contributed by atoms with Gasteiger partial charge >= 0.3 is 0 Å². The lowest BCUT2D eigenvalue weighted by molar-refractivity contribution is 0.126. The molecule has 0 aliphatic heterocycles. The summed E-state index contributed by atoms with van der Waals surface area (Å²) in [5, 5.41) is 13.2. The maximum atomic E-state index is 13.2. The van der Waals surface area contributed by atoms with Crippen LogP contribution in [0.4, 0.5) is 34.1 Å². The zero-order valence-electron chi connectivity index (χ0n) is 29.6. The van der Waals surface area contributed by atoms with Crippen LogP contribution in [0, 0.1) is 6.92 Å². The fourth-order valence-electron chi connectivity index (χ4n) is 7.33. The third kappa shape index (κ3) is 6.62. The molecule has 0 heterocycles. The first kappa shape index (κ1) is 33.5. The molecule has 8 aromatic carbocycles. The number of aryl methyl sites for hydroxylation is 1. The van der Waals surface area contributed by atoms with Gasteiger partial charge in [0, 0.05) is 39.7 Å². The van der Waals surface area contributed by atoms with Crippen molar-refractivity contribution in [3.8, 4) is 11.1 Å². The topological polar surface area (TPSA) is 26.7 Å². The van der Waals surface area contributed by atoms with Crippen LogP contribution in [0.2, 0.25) is 0 Å². The van der Waals surface area contributed by atoms with Crippen molar-refractivity contribution in [2.24, 2.45) is 0 Å². The van der Waals surface area contributed by atoms with Gasteiger partial charge in [0.1, 0.15) is 5.60 Å². The third-order valence-electron chi connectivity index (χ3n) is 9.87. The summed E-state index contributed by atoms with van der Waals surface area (Å²) >= 11 is 0. The Bertz CT molecular complexity index is 2320. The van der Waals surface area contributed by atoms with Crippen LogP contribution in [-0.4, -0.2) is 5.11 Å². The second-order valence-electron chi connectivity index (χ2n) is 13.2. The van der Waals surface area contributed by atoms with Crippen molar-refractivity contribution in [3.05, 3.63) is 241 Å². The highest BCUT2D eigenvalue weighted by Gasteiger charge is 2.36. The molecule has 3 heteroatoms. The number of nitrogens with zero attached hydrogens (tertiary/aromatic N) is 2. The molecule has 0 aromatic heterocycles. The molecule has 53 heavy (non-hydrogen) atoms. The Hall–Kier alpha value is -6.68. The summed E-state index contributed by atoms with van der Waals surface area (Å²) in [6.07, 6.45) is 0. The molecule has 1 N–H and O–H groups in total. The second-order valence-corrected chi connectivity index (χ2v) is 13.2. The zero-order chi connectivity index (χ0) is 36.0. The predicted molar refractivity (Wildman–Crippen MR) is 221 cm³/mol. The Morgan fingerprint density at radius 3 is 1.17 bits per heavy atom. The average Bonchev–Trinajstić information content (AvgIpc) is 3.23. The maximum Gasteiger partial charge on any atom is 0.141 e. The molecule has 0 aliphatic carbocycles. The van der Waals surface area contributed by atoms with Crippen LogP contribution in [0.3, 0.4) is 0 Å². The van der Waals surface area contributed by atoms with Crippen molar-refractivity contribution in [1.29, 1.82) is 0 Å². The van der Waals surface area contributed by atoms with Crippen molar-refractivity contribution in [2.75, 3.05) is 9.80 Å². The third-order valence-corrected chi connectivity index (χ3v) is 9.87. The number of hydrogen-bond donors (Lipinski definition) is 1. The Balaban J connectivity index is 1.23. The van der Waals surface area contributed by atoms with E-state index in [9.17, 15) is 5.11 Å². The normalized spacial score (nSPS) is 12.1. The van der Waals surface area contributed by atoms with Gasteiger partial charge in [-0.15, -0.1) is 0 Å². The van der Waals surface area contributed by atoms with E-state index in [0.717, 1.165) is 67.5 Å². The summed E-state index contributed by atoms with van der Waals surface area (Å²) in [4.78, 5) is 4.51. The second kappa shape index (κ2) is 14.9. The van der Waals surface area contributed by atoms with Gasteiger partial charge < -0.3 is 14.9 Å². The highest BCUT2D eigenvalue weighted by Crippen LogP contribution is 2.45. The van der Waals surface area contributed by atoms with Crippen LogP contribution < -0.4 is 9.80 Å². The first-order valence-corrected chi connectivity index (χ1v) is 18.0. The molecular formula is C50H40N2O. The van der Waals surface area contributed by atoms with E-state index in [1.165, 1.54) is 0 Å². The van der Waals surface area contributed by atoms with E-state index in [0.29, 0.717) is 0 Å². The van der Waals surface area contributed by atoms with Gasteiger partial charge in [-0.2, -0.15) is 0 Å².